The predicted molar refractivity (Wildman–Crippen MR) is 307 cm³/mol. The first-order chi connectivity index (χ1) is 35.0. The number of allylic oxidation sites excluding steroid dienone is 6. The molecule has 416 valence electrons. The van der Waals surface area contributed by atoms with Crippen LogP contribution in [0.3, 0.4) is 0 Å². The molecule has 0 heterocycles. The van der Waals surface area contributed by atoms with Gasteiger partial charge in [-0.15, -0.1) is 0 Å². The number of unbranched alkanes of at least 4 members (excludes halogenated alkanes) is 41. The molecule has 0 aromatic carbocycles. The van der Waals surface area contributed by atoms with Crippen LogP contribution in [0.1, 0.15) is 342 Å². The van der Waals surface area contributed by atoms with Crippen molar-refractivity contribution in [1.29, 1.82) is 0 Å². The Morgan fingerprint density at radius 2 is 0.479 bits per heavy atom. The van der Waals surface area contributed by atoms with Crippen molar-refractivity contribution < 1.29 is 28.6 Å². The van der Waals surface area contributed by atoms with Gasteiger partial charge in [0.1, 0.15) is 13.2 Å². The van der Waals surface area contributed by atoms with Crippen LogP contribution < -0.4 is 0 Å². The van der Waals surface area contributed by atoms with E-state index < -0.39 is 6.10 Å². The number of carbonyl (C=O) groups is 3. The zero-order chi connectivity index (χ0) is 51.4. The van der Waals surface area contributed by atoms with Crippen LogP contribution in [-0.2, 0) is 28.6 Å². The molecule has 1 unspecified atom stereocenters. The molecule has 1 atom stereocenters. The third-order valence-electron chi connectivity index (χ3n) is 14.1. The Kier molecular flexibility index (Phi) is 58.2. The maximum Gasteiger partial charge on any atom is 0.306 e. The van der Waals surface area contributed by atoms with E-state index in [4.69, 9.17) is 14.2 Å². The fourth-order valence-corrected chi connectivity index (χ4v) is 9.30. The highest BCUT2D eigenvalue weighted by Gasteiger charge is 2.19. The zero-order valence-electron chi connectivity index (χ0n) is 47.8. The largest absolute Gasteiger partial charge is 0.462 e. The fourth-order valence-electron chi connectivity index (χ4n) is 9.30. The quantitative estimate of drug-likeness (QED) is 0.0261. The van der Waals surface area contributed by atoms with Gasteiger partial charge in [-0.3, -0.25) is 14.4 Å². The molecule has 0 aromatic rings. The number of hydrogen-bond acceptors (Lipinski definition) is 6. The Hall–Kier alpha value is -2.37. The molecule has 0 aromatic heterocycles. The lowest BCUT2D eigenvalue weighted by atomic mass is 10.0. The van der Waals surface area contributed by atoms with Gasteiger partial charge in [-0.25, -0.2) is 0 Å². The molecular formula is C65H120O6. The lowest BCUT2D eigenvalue weighted by Gasteiger charge is -2.18. The van der Waals surface area contributed by atoms with Gasteiger partial charge in [0, 0.05) is 19.3 Å². The summed E-state index contributed by atoms with van der Waals surface area (Å²) in [6, 6.07) is 0. The van der Waals surface area contributed by atoms with Gasteiger partial charge in [-0.2, -0.15) is 0 Å². The Balaban J connectivity index is 4.24. The van der Waals surface area contributed by atoms with Crippen LogP contribution in [0.15, 0.2) is 36.5 Å². The van der Waals surface area contributed by atoms with Crippen molar-refractivity contribution in [3.8, 4) is 0 Å². The van der Waals surface area contributed by atoms with Gasteiger partial charge >= 0.3 is 17.9 Å². The van der Waals surface area contributed by atoms with E-state index in [1.807, 2.05) is 0 Å². The van der Waals surface area contributed by atoms with Gasteiger partial charge in [0.05, 0.1) is 0 Å². The highest BCUT2D eigenvalue weighted by atomic mass is 16.6. The average molecular weight is 998 g/mol. The minimum atomic E-state index is -0.775. The first-order valence-electron chi connectivity index (χ1n) is 31.5. The molecule has 0 radical (unpaired) electrons. The van der Waals surface area contributed by atoms with E-state index in [-0.39, 0.29) is 31.1 Å². The summed E-state index contributed by atoms with van der Waals surface area (Å²) >= 11 is 0. The van der Waals surface area contributed by atoms with E-state index in [0.29, 0.717) is 19.3 Å². The molecule has 0 fully saturated rings. The lowest BCUT2D eigenvalue weighted by molar-refractivity contribution is -0.167. The van der Waals surface area contributed by atoms with Crippen molar-refractivity contribution >= 4 is 17.9 Å². The van der Waals surface area contributed by atoms with Gasteiger partial charge in [-0.1, -0.05) is 269 Å². The Labute approximate surface area is 442 Å². The Bertz CT molecular complexity index is 1190. The first-order valence-corrected chi connectivity index (χ1v) is 31.5. The van der Waals surface area contributed by atoms with Crippen LogP contribution in [0.5, 0.6) is 0 Å². The van der Waals surface area contributed by atoms with Crippen LogP contribution in [-0.4, -0.2) is 37.2 Å². The summed E-state index contributed by atoms with van der Waals surface area (Å²) < 4.78 is 16.9. The van der Waals surface area contributed by atoms with E-state index >= 15 is 0 Å². The van der Waals surface area contributed by atoms with E-state index in [0.717, 1.165) is 64.2 Å². The van der Waals surface area contributed by atoms with Crippen molar-refractivity contribution in [2.75, 3.05) is 13.2 Å². The molecule has 71 heavy (non-hydrogen) atoms. The van der Waals surface area contributed by atoms with Crippen molar-refractivity contribution in [2.45, 2.75) is 348 Å². The Morgan fingerprint density at radius 1 is 0.268 bits per heavy atom. The van der Waals surface area contributed by atoms with Gasteiger partial charge in [0.15, 0.2) is 6.10 Å². The maximum absolute atomic E-state index is 12.9. The van der Waals surface area contributed by atoms with Crippen molar-refractivity contribution in [3.05, 3.63) is 36.5 Å². The van der Waals surface area contributed by atoms with Crippen LogP contribution in [0, 0.1) is 0 Å². The third-order valence-corrected chi connectivity index (χ3v) is 14.1. The molecule has 0 N–H and O–H groups in total. The smallest absolute Gasteiger partial charge is 0.306 e. The second kappa shape index (κ2) is 60.2. The van der Waals surface area contributed by atoms with Crippen molar-refractivity contribution in [2.24, 2.45) is 0 Å². The fraction of sp³-hybridized carbons (Fsp3) is 0.862. The normalized spacial score (nSPS) is 12.2. The van der Waals surface area contributed by atoms with Crippen LogP contribution in [0.2, 0.25) is 0 Å². The molecule has 0 saturated heterocycles. The van der Waals surface area contributed by atoms with Crippen molar-refractivity contribution in [1.82, 2.24) is 0 Å². The monoisotopic (exact) mass is 997 g/mol. The molecule has 6 nitrogen and oxygen atoms in total. The standard InChI is InChI=1S/C65H120O6/c1-4-7-10-13-16-19-22-24-26-28-30-31-32-33-35-36-38-40-43-46-49-52-55-58-64(67)70-61-62(60-69-63(66)57-54-51-48-45-42-21-18-15-12-9-6-3)71-65(68)59-56-53-50-47-44-41-39-37-34-29-27-25-23-20-17-14-11-8-5-2/h15,18,25,27-28,30,62H,4-14,16-17,19-24,26,29,31-61H2,1-3H3/b18-15-,27-25-,30-28-. The summed E-state index contributed by atoms with van der Waals surface area (Å²) in [4.78, 5) is 38.2. The molecule has 0 aliphatic carbocycles. The Morgan fingerprint density at radius 3 is 0.746 bits per heavy atom. The van der Waals surface area contributed by atoms with E-state index in [2.05, 4.69) is 57.2 Å². The second-order valence-electron chi connectivity index (χ2n) is 21.3. The average Bonchev–Trinajstić information content (AvgIpc) is 3.37. The maximum atomic E-state index is 12.9. The van der Waals surface area contributed by atoms with Gasteiger partial charge in [0.25, 0.3) is 0 Å². The molecule has 0 aliphatic heterocycles. The third kappa shape index (κ3) is 58.4. The molecule has 0 spiro atoms. The topological polar surface area (TPSA) is 78.9 Å². The van der Waals surface area contributed by atoms with Gasteiger partial charge < -0.3 is 14.2 Å². The second-order valence-corrected chi connectivity index (χ2v) is 21.3. The minimum Gasteiger partial charge on any atom is -0.462 e. The lowest BCUT2D eigenvalue weighted by Crippen LogP contribution is -2.30. The summed E-state index contributed by atoms with van der Waals surface area (Å²) in [6.07, 6.45) is 73.0. The number of carbonyl (C=O) groups excluding carboxylic acids is 3. The molecule has 0 saturated carbocycles. The van der Waals surface area contributed by atoms with Crippen molar-refractivity contribution in [3.63, 3.8) is 0 Å². The highest BCUT2D eigenvalue weighted by Crippen LogP contribution is 2.17. The van der Waals surface area contributed by atoms with Gasteiger partial charge in [0.2, 0.25) is 0 Å². The molecule has 6 heteroatoms. The van der Waals surface area contributed by atoms with E-state index in [9.17, 15) is 14.4 Å². The number of esters is 3. The zero-order valence-corrected chi connectivity index (χ0v) is 47.8. The number of rotatable bonds is 58. The molecule has 0 aliphatic rings. The first kappa shape index (κ1) is 68.6. The van der Waals surface area contributed by atoms with E-state index in [1.54, 1.807) is 0 Å². The highest BCUT2D eigenvalue weighted by molar-refractivity contribution is 5.71. The number of hydrogen-bond donors (Lipinski definition) is 0. The summed E-state index contributed by atoms with van der Waals surface area (Å²) in [5, 5.41) is 0. The summed E-state index contributed by atoms with van der Waals surface area (Å²) in [7, 11) is 0. The minimum absolute atomic E-state index is 0.0731. The SMILES string of the molecule is CCCC/C=C\CCCCCCCC(=O)OCC(COC(=O)CCCCCCCCCCCCC/C=C\CCCCCCCCCC)OC(=O)CCCCCCCCCCC/C=C\CCCCCCCC. The predicted octanol–water partition coefficient (Wildman–Crippen LogP) is 21.2. The molecule has 0 amide bonds. The summed E-state index contributed by atoms with van der Waals surface area (Å²) in [5.74, 6) is -0.867. The van der Waals surface area contributed by atoms with E-state index in [1.165, 1.54) is 238 Å². The van der Waals surface area contributed by atoms with Gasteiger partial charge in [-0.05, 0) is 89.9 Å². The summed E-state index contributed by atoms with van der Waals surface area (Å²) in [5.41, 5.74) is 0. The molecular weight excluding hydrogens is 877 g/mol. The van der Waals surface area contributed by atoms with Crippen LogP contribution in [0.4, 0.5) is 0 Å². The van der Waals surface area contributed by atoms with Crippen LogP contribution >= 0.6 is 0 Å². The molecule has 0 bridgehead atoms. The number of ether oxygens (including phenoxy) is 3. The summed E-state index contributed by atoms with van der Waals surface area (Å²) in [6.45, 7) is 6.64. The molecule has 0 rings (SSSR count). The van der Waals surface area contributed by atoms with Crippen LogP contribution in [0.25, 0.3) is 0 Å².